The van der Waals surface area contributed by atoms with Crippen LogP contribution in [-0.2, 0) is 28.6 Å². The minimum absolute atomic E-state index is 0.0620. The average molecular weight is 990 g/mol. The zero-order valence-corrected chi connectivity index (χ0v) is 48.2. The summed E-state index contributed by atoms with van der Waals surface area (Å²) in [5.74, 6) is 0.895. The Morgan fingerprint density at radius 1 is 0.300 bits per heavy atom. The van der Waals surface area contributed by atoms with E-state index in [9.17, 15) is 14.4 Å². The third-order valence-corrected chi connectivity index (χ3v) is 15.1. The van der Waals surface area contributed by atoms with Gasteiger partial charge in [-0.1, -0.05) is 324 Å². The van der Waals surface area contributed by atoms with Gasteiger partial charge in [-0.05, 0) is 31.1 Å². The van der Waals surface area contributed by atoms with Crippen LogP contribution in [0, 0.1) is 11.8 Å². The lowest BCUT2D eigenvalue weighted by Crippen LogP contribution is -2.30. The van der Waals surface area contributed by atoms with Crippen molar-refractivity contribution in [1.82, 2.24) is 0 Å². The SMILES string of the molecule is CCCCCCCCCCCCCCCCCCCCCC(=O)OC[C@@H](COC(=O)CCCCCCCCCCCCCCC(C)C)OC(=O)CCCCCCCCCCCCCCCCC(C)CC. The summed E-state index contributed by atoms with van der Waals surface area (Å²) in [5.41, 5.74) is 0. The number of hydrogen-bond acceptors (Lipinski definition) is 6. The fraction of sp³-hybridized carbons (Fsp3) is 0.953. The molecule has 1 unspecified atom stereocenters. The largest absolute Gasteiger partial charge is 0.462 e. The maximum Gasteiger partial charge on any atom is 0.306 e. The number of esters is 3. The van der Waals surface area contributed by atoms with Gasteiger partial charge in [0.2, 0.25) is 0 Å². The van der Waals surface area contributed by atoms with Crippen LogP contribution in [0.15, 0.2) is 0 Å². The van der Waals surface area contributed by atoms with E-state index in [0.717, 1.165) is 69.6 Å². The normalized spacial score (nSPS) is 12.4. The number of rotatable bonds is 58. The quantitative estimate of drug-likeness (QED) is 0.0343. The molecule has 6 heteroatoms. The van der Waals surface area contributed by atoms with E-state index in [4.69, 9.17) is 14.2 Å². The first-order valence-electron chi connectivity index (χ1n) is 31.8. The Balaban J connectivity index is 4.29. The van der Waals surface area contributed by atoms with Crippen LogP contribution in [0.4, 0.5) is 0 Å². The van der Waals surface area contributed by atoms with Crippen LogP contribution >= 0.6 is 0 Å². The summed E-state index contributed by atoms with van der Waals surface area (Å²) in [7, 11) is 0. The summed E-state index contributed by atoms with van der Waals surface area (Å²) in [6.45, 7) is 11.5. The predicted octanol–water partition coefficient (Wildman–Crippen LogP) is 21.2. The highest BCUT2D eigenvalue weighted by atomic mass is 16.6. The Kier molecular flexibility index (Phi) is 55.4. The first kappa shape index (κ1) is 68.4. The van der Waals surface area contributed by atoms with Crippen LogP contribution in [0.3, 0.4) is 0 Å². The van der Waals surface area contributed by atoms with Crippen LogP contribution in [-0.4, -0.2) is 37.2 Å². The third-order valence-electron chi connectivity index (χ3n) is 15.1. The fourth-order valence-electron chi connectivity index (χ4n) is 9.90. The number of carbonyl (C=O) groups is 3. The van der Waals surface area contributed by atoms with Crippen LogP contribution in [0.25, 0.3) is 0 Å². The molecule has 0 aliphatic rings. The van der Waals surface area contributed by atoms with Gasteiger partial charge in [0.25, 0.3) is 0 Å². The fourth-order valence-corrected chi connectivity index (χ4v) is 9.90. The summed E-state index contributed by atoms with van der Waals surface area (Å²) >= 11 is 0. The highest BCUT2D eigenvalue weighted by molar-refractivity contribution is 5.71. The van der Waals surface area contributed by atoms with Gasteiger partial charge in [-0.2, -0.15) is 0 Å². The molecule has 0 saturated heterocycles. The molecular formula is C64H124O6. The van der Waals surface area contributed by atoms with E-state index in [2.05, 4.69) is 34.6 Å². The molecule has 2 atom stereocenters. The van der Waals surface area contributed by atoms with Crippen molar-refractivity contribution in [3.05, 3.63) is 0 Å². The van der Waals surface area contributed by atoms with Crippen molar-refractivity contribution in [2.45, 2.75) is 368 Å². The number of ether oxygens (including phenoxy) is 3. The molecule has 0 saturated carbocycles. The Morgan fingerprint density at radius 3 is 0.814 bits per heavy atom. The van der Waals surface area contributed by atoms with E-state index in [0.29, 0.717) is 19.3 Å². The van der Waals surface area contributed by atoms with E-state index in [1.54, 1.807) is 0 Å². The maximum absolute atomic E-state index is 12.9. The van der Waals surface area contributed by atoms with Crippen LogP contribution in [0.5, 0.6) is 0 Å². The molecule has 0 fully saturated rings. The van der Waals surface area contributed by atoms with Crippen molar-refractivity contribution >= 4 is 17.9 Å². The average Bonchev–Trinajstić information content (AvgIpc) is 3.35. The van der Waals surface area contributed by atoms with E-state index < -0.39 is 6.10 Å². The Hall–Kier alpha value is -1.59. The molecule has 0 radical (unpaired) electrons. The zero-order chi connectivity index (χ0) is 51.1. The summed E-state index contributed by atoms with van der Waals surface area (Å²) in [6, 6.07) is 0. The summed E-state index contributed by atoms with van der Waals surface area (Å²) < 4.78 is 17.0. The van der Waals surface area contributed by atoms with Gasteiger partial charge >= 0.3 is 17.9 Å². The van der Waals surface area contributed by atoms with E-state index in [-0.39, 0.29) is 31.1 Å². The standard InChI is InChI=1S/C64H124O6/c1-6-8-9-10-11-12-13-14-15-16-17-18-19-23-29-34-39-44-49-54-62(65)68-57-61(58-69-63(66)55-50-45-40-35-30-26-25-27-32-37-42-47-52-59(3)4)70-64(67)56-51-46-41-36-31-24-21-20-22-28-33-38-43-48-53-60(5)7-2/h59-61H,6-58H2,1-5H3/t60?,61-/m0/s1. The van der Waals surface area contributed by atoms with Gasteiger partial charge in [-0.15, -0.1) is 0 Å². The minimum atomic E-state index is -0.764. The highest BCUT2D eigenvalue weighted by Gasteiger charge is 2.19. The molecule has 0 bridgehead atoms. The highest BCUT2D eigenvalue weighted by Crippen LogP contribution is 2.19. The molecule has 0 heterocycles. The molecule has 0 aliphatic carbocycles. The molecule has 0 aromatic heterocycles. The molecule has 0 amide bonds. The van der Waals surface area contributed by atoms with Crippen LogP contribution in [0.1, 0.15) is 362 Å². The zero-order valence-electron chi connectivity index (χ0n) is 48.2. The van der Waals surface area contributed by atoms with E-state index in [1.165, 1.54) is 250 Å². The topological polar surface area (TPSA) is 78.9 Å². The van der Waals surface area contributed by atoms with Gasteiger partial charge in [0.1, 0.15) is 13.2 Å². The second-order valence-corrected chi connectivity index (χ2v) is 22.8. The van der Waals surface area contributed by atoms with Crippen molar-refractivity contribution in [2.24, 2.45) is 11.8 Å². The molecule has 416 valence electrons. The van der Waals surface area contributed by atoms with Crippen molar-refractivity contribution in [2.75, 3.05) is 13.2 Å². The lowest BCUT2D eigenvalue weighted by atomic mass is 9.99. The van der Waals surface area contributed by atoms with Crippen molar-refractivity contribution in [3.8, 4) is 0 Å². The molecule has 0 aromatic carbocycles. The first-order chi connectivity index (χ1) is 34.3. The van der Waals surface area contributed by atoms with Gasteiger partial charge < -0.3 is 14.2 Å². The van der Waals surface area contributed by atoms with E-state index in [1.807, 2.05) is 0 Å². The molecule has 0 rings (SSSR count). The second kappa shape index (κ2) is 56.7. The Labute approximate surface area is 438 Å². The smallest absolute Gasteiger partial charge is 0.306 e. The van der Waals surface area contributed by atoms with Crippen LogP contribution in [0.2, 0.25) is 0 Å². The maximum atomic E-state index is 12.9. The second-order valence-electron chi connectivity index (χ2n) is 22.8. The minimum Gasteiger partial charge on any atom is -0.462 e. The number of hydrogen-bond donors (Lipinski definition) is 0. The number of unbranched alkanes of at least 4 members (excludes halogenated alkanes) is 42. The molecule has 0 aliphatic heterocycles. The van der Waals surface area contributed by atoms with Gasteiger partial charge in [-0.3, -0.25) is 14.4 Å². The summed E-state index contributed by atoms with van der Waals surface area (Å²) in [4.78, 5) is 38.3. The van der Waals surface area contributed by atoms with Crippen molar-refractivity contribution < 1.29 is 28.6 Å². The predicted molar refractivity (Wildman–Crippen MR) is 303 cm³/mol. The summed E-state index contributed by atoms with van der Waals surface area (Å²) in [6.07, 6.45) is 62.4. The van der Waals surface area contributed by atoms with Gasteiger partial charge in [-0.25, -0.2) is 0 Å². The lowest BCUT2D eigenvalue weighted by Gasteiger charge is -2.18. The molecule has 0 spiro atoms. The van der Waals surface area contributed by atoms with Gasteiger partial charge in [0, 0.05) is 19.3 Å². The Bertz CT molecular complexity index is 1070. The monoisotopic (exact) mass is 989 g/mol. The third kappa shape index (κ3) is 55.7. The van der Waals surface area contributed by atoms with Gasteiger partial charge in [0.05, 0.1) is 0 Å². The van der Waals surface area contributed by atoms with Crippen molar-refractivity contribution in [1.29, 1.82) is 0 Å². The first-order valence-corrected chi connectivity index (χ1v) is 31.8. The molecular weight excluding hydrogens is 865 g/mol. The molecule has 6 nitrogen and oxygen atoms in total. The van der Waals surface area contributed by atoms with Crippen LogP contribution < -0.4 is 0 Å². The molecule has 0 aromatic rings. The van der Waals surface area contributed by atoms with Crippen molar-refractivity contribution in [3.63, 3.8) is 0 Å². The Morgan fingerprint density at radius 2 is 0.543 bits per heavy atom. The number of carbonyl (C=O) groups excluding carboxylic acids is 3. The molecule has 0 N–H and O–H groups in total. The summed E-state index contributed by atoms with van der Waals surface area (Å²) in [5, 5.41) is 0. The van der Waals surface area contributed by atoms with Gasteiger partial charge in [0.15, 0.2) is 6.10 Å². The van der Waals surface area contributed by atoms with E-state index >= 15 is 0 Å². The lowest BCUT2D eigenvalue weighted by molar-refractivity contribution is -0.167. The molecule has 70 heavy (non-hydrogen) atoms.